The van der Waals surface area contributed by atoms with Crippen molar-refractivity contribution in [1.29, 1.82) is 0 Å². The van der Waals surface area contributed by atoms with Gasteiger partial charge in [0.1, 0.15) is 6.04 Å². The zero-order chi connectivity index (χ0) is 13.8. The first kappa shape index (κ1) is 17.7. The second-order valence-electron chi connectivity index (χ2n) is 3.66. The molecule has 8 heteroatoms. The van der Waals surface area contributed by atoms with Crippen LogP contribution in [0.5, 0.6) is 0 Å². The number of rotatable bonds is 5. The van der Waals surface area contributed by atoms with Crippen LogP contribution in [0.4, 0.5) is 5.69 Å². The third-order valence-electron chi connectivity index (χ3n) is 2.16. The summed E-state index contributed by atoms with van der Waals surface area (Å²) in [7, 11) is -3.75. The number of halogens is 1. The number of hydrogen-bond donors (Lipinski definition) is 2. The maximum absolute atomic E-state index is 11.9. The predicted molar refractivity (Wildman–Crippen MR) is 74.5 cm³/mol. The Morgan fingerprint density at radius 3 is 2.37 bits per heavy atom. The number of ether oxygens (including phenoxy) is 1. The van der Waals surface area contributed by atoms with Crippen molar-refractivity contribution >= 4 is 34.1 Å². The Morgan fingerprint density at radius 1 is 1.37 bits per heavy atom. The molecule has 0 heterocycles. The standard InChI is InChI=1S/C11H16N2O4S.ClH/c1-3-17-11(14)8(2)13-18(15,16)10-6-4-9(12)5-7-10;/h4-8,13H,3,12H2,1-2H3;1H. The van der Waals surface area contributed by atoms with Crippen molar-refractivity contribution in [3.8, 4) is 0 Å². The molecule has 0 bridgehead atoms. The Kier molecular flexibility index (Phi) is 6.82. The van der Waals surface area contributed by atoms with Crippen molar-refractivity contribution in [3.63, 3.8) is 0 Å². The normalized spacial score (nSPS) is 12.3. The molecule has 0 spiro atoms. The summed E-state index contributed by atoms with van der Waals surface area (Å²) in [6.07, 6.45) is 0. The average Bonchev–Trinajstić information content (AvgIpc) is 2.29. The van der Waals surface area contributed by atoms with E-state index in [1.807, 2.05) is 0 Å². The second-order valence-corrected chi connectivity index (χ2v) is 5.38. The molecule has 108 valence electrons. The number of anilines is 1. The maximum atomic E-state index is 11.9. The van der Waals surface area contributed by atoms with Crippen LogP contribution < -0.4 is 10.5 Å². The van der Waals surface area contributed by atoms with E-state index in [0.29, 0.717) is 5.69 Å². The fourth-order valence-electron chi connectivity index (χ4n) is 1.26. The third kappa shape index (κ3) is 5.06. The second kappa shape index (κ2) is 7.32. The molecule has 0 aliphatic carbocycles. The van der Waals surface area contributed by atoms with Gasteiger partial charge in [-0.15, -0.1) is 12.4 Å². The van der Waals surface area contributed by atoms with E-state index in [4.69, 9.17) is 10.5 Å². The number of sulfonamides is 1. The van der Waals surface area contributed by atoms with Crippen LogP contribution in [0.3, 0.4) is 0 Å². The Balaban J connectivity index is 0.00000324. The van der Waals surface area contributed by atoms with Crippen LogP contribution in [0.2, 0.25) is 0 Å². The molecule has 0 aliphatic rings. The highest BCUT2D eigenvalue weighted by molar-refractivity contribution is 7.89. The SMILES string of the molecule is CCOC(=O)C(C)NS(=O)(=O)c1ccc(N)cc1.Cl. The van der Waals surface area contributed by atoms with Gasteiger partial charge in [0, 0.05) is 5.69 Å². The minimum absolute atomic E-state index is 0. The van der Waals surface area contributed by atoms with Crippen LogP contribution in [-0.2, 0) is 19.6 Å². The third-order valence-corrected chi connectivity index (χ3v) is 3.72. The first-order chi connectivity index (χ1) is 8.36. The van der Waals surface area contributed by atoms with E-state index < -0.39 is 22.0 Å². The highest BCUT2D eigenvalue weighted by atomic mass is 35.5. The number of carbonyl (C=O) groups excluding carboxylic acids is 1. The minimum atomic E-state index is -3.75. The van der Waals surface area contributed by atoms with Gasteiger partial charge in [-0.2, -0.15) is 4.72 Å². The van der Waals surface area contributed by atoms with Crippen LogP contribution in [0.1, 0.15) is 13.8 Å². The molecule has 0 saturated carbocycles. The van der Waals surface area contributed by atoms with Gasteiger partial charge in [0.15, 0.2) is 0 Å². The van der Waals surface area contributed by atoms with E-state index in [-0.39, 0.29) is 23.9 Å². The Labute approximate surface area is 118 Å². The van der Waals surface area contributed by atoms with E-state index in [9.17, 15) is 13.2 Å². The van der Waals surface area contributed by atoms with Crippen molar-refractivity contribution in [2.24, 2.45) is 0 Å². The van der Waals surface area contributed by atoms with Crippen LogP contribution in [0.25, 0.3) is 0 Å². The smallest absolute Gasteiger partial charge is 0.323 e. The molecule has 0 aromatic heterocycles. The summed E-state index contributed by atoms with van der Waals surface area (Å²) in [5.41, 5.74) is 5.93. The lowest BCUT2D eigenvalue weighted by Gasteiger charge is -2.13. The summed E-state index contributed by atoms with van der Waals surface area (Å²) in [5, 5.41) is 0. The van der Waals surface area contributed by atoms with E-state index in [2.05, 4.69) is 4.72 Å². The Morgan fingerprint density at radius 2 is 1.89 bits per heavy atom. The lowest BCUT2D eigenvalue weighted by atomic mass is 10.3. The van der Waals surface area contributed by atoms with Crippen molar-refractivity contribution in [1.82, 2.24) is 4.72 Å². The average molecular weight is 309 g/mol. The number of nitrogens with one attached hydrogen (secondary N) is 1. The zero-order valence-corrected chi connectivity index (χ0v) is 12.3. The molecule has 0 fully saturated rings. The van der Waals surface area contributed by atoms with Gasteiger partial charge in [0.2, 0.25) is 10.0 Å². The minimum Gasteiger partial charge on any atom is -0.465 e. The molecular formula is C11H17ClN2O4S. The summed E-state index contributed by atoms with van der Waals surface area (Å²) in [6, 6.07) is 4.76. The van der Waals surface area contributed by atoms with Gasteiger partial charge < -0.3 is 10.5 Å². The van der Waals surface area contributed by atoms with Crippen LogP contribution in [0.15, 0.2) is 29.2 Å². The van der Waals surface area contributed by atoms with Crippen molar-refractivity contribution in [3.05, 3.63) is 24.3 Å². The van der Waals surface area contributed by atoms with Crippen LogP contribution in [-0.4, -0.2) is 27.0 Å². The summed E-state index contributed by atoms with van der Waals surface area (Å²) in [5.74, 6) is -0.614. The Bertz CT molecular complexity index is 516. The summed E-state index contributed by atoms with van der Waals surface area (Å²) in [4.78, 5) is 11.4. The maximum Gasteiger partial charge on any atom is 0.323 e. The number of carbonyl (C=O) groups is 1. The van der Waals surface area contributed by atoms with Gasteiger partial charge in [-0.3, -0.25) is 4.79 Å². The molecule has 1 unspecified atom stereocenters. The molecule has 0 radical (unpaired) electrons. The van der Waals surface area contributed by atoms with E-state index >= 15 is 0 Å². The molecule has 3 N–H and O–H groups in total. The van der Waals surface area contributed by atoms with Gasteiger partial charge in [0.05, 0.1) is 11.5 Å². The number of nitrogens with two attached hydrogens (primary N) is 1. The van der Waals surface area contributed by atoms with Gasteiger partial charge in [-0.05, 0) is 38.1 Å². The molecule has 19 heavy (non-hydrogen) atoms. The van der Waals surface area contributed by atoms with Crippen LogP contribution >= 0.6 is 12.4 Å². The molecule has 1 rings (SSSR count). The van der Waals surface area contributed by atoms with E-state index in [1.54, 1.807) is 6.92 Å². The first-order valence-electron chi connectivity index (χ1n) is 5.41. The largest absolute Gasteiger partial charge is 0.465 e. The van der Waals surface area contributed by atoms with Gasteiger partial charge in [0.25, 0.3) is 0 Å². The molecule has 0 amide bonds. The summed E-state index contributed by atoms with van der Waals surface area (Å²) in [6.45, 7) is 3.28. The zero-order valence-electron chi connectivity index (χ0n) is 10.6. The first-order valence-corrected chi connectivity index (χ1v) is 6.89. The fourth-order valence-corrected chi connectivity index (χ4v) is 2.46. The molecule has 1 atom stereocenters. The highest BCUT2D eigenvalue weighted by Crippen LogP contribution is 2.12. The predicted octanol–water partition coefficient (Wildman–Crippen LogP) is 0.920. The van der Waals surface area contributed by atoms with E-state index in [0.717, 1.165) is 0 Å². The van der Waals surface area contributed by atoms with Gasteiger partial charge >= 0.3 is 5.97 Å². The molecule has 1 aromatic rings. The molecule has 1 aromatic carbocycles. The summed E-state index contributed by atoms with van der Waals surface area (Å²) >= 11 is 0. The van der Waals surface area contributed by atoms with Gasteiger partial charge in [-0.1, -0.05) is 0 Å². The van der Waals surface area contributed by atoms with E-state index in [1.165, 1.54) is 31.2 Å². The van der Waals surface area contributed by atoms with Gasteiger partial charge in [-0.25, -0.2) is 8.42 Å². The molecule has 6 nitrogen and oxygen atoms in total. The monoisotopic (exact) mass is 308 g/mol. The molecule has 0 aliphatic heterocycles. The van der Waals surface area contributed by atoms with Crippen molar-refractivity contribution < 1.29 is 17.9 Å². The number of benzene rings is 1. The molecular weight excluding hydrogens is 292 g/mol. The van der Waals surface area contributed by atoms with Crippen LogP contribution in [0, 0.1) is 0 Å². The highest BCUT2D eigenvalue weighted by Gasteiger charge is 2.22. The number of hydrogen-bond acceptors (Lipinski definition) is 5. The lowest BCUT2D eigenvalue weighted by Crippen LogP contribution is -2.39. The fraction of sp³-hybridized carbons (Fsp3) is 0.364. The molecule has 0 saturated heterocycles. The quantitative estimate of drug-likeness (QED) is 0.622. The number of nitrogen functional groups attached to an aromatic ring is 1. The number of esters is 1. The summed E-state index contributed by atoms with van der Waals surface area (Å²) < 4.78 is 30.8. The van der Waals surface area contributed by atoms with Crippen molar-refractivity contribution in [2.75, 3.05) is 12.3 Å². The lowest BCUT2D eigenvalue weighted by molar-refractivity contribution is -0.144. The topological polar surface area (TPSA) is 98.5 Å². The van der Waals surface area contributed by atoms with Crippen molar-refractivity contribution in [2.45, 2.75) is 24.8 Å². The Hall–Kier alpha value is -1.31.